The van der Waals surface area contributed by atoms with E-state index in [-0.39, 0.29) is 9.92 Å². The van der Waals surface area contributed by atoms with Crippen LogP contribution in [0.25, 0.3) is 0 Å². The first-order valence-electron chi connectivity index (χ1n) is 6.41. The Kier molecular flexibility index (Phi) is 6.44. The highest BCUT2D eigenvalue weighted by molar-refractivity contribution is 7.89. The van der Waals surface area contributed by atoms with Gasteiger partial charge in [0.25, 0.3) is 0 Å². The molecule has 1 aromatic rings. The van der Waals surface area contributed by atoms with E-state index in [2.05, 4.69) is 9.46 Å². The predicted molar refractivity (Wildman–Crippen MR) is 78.8 cm³/mol. The van der Waals surface area contributed by atoms with Gasteiger partial charge in [-0.1, -0.05) is 37.4 Å². The number of sulfonamides is 1. The molecule has 0 bridgehead atoms. The predicted octanol–water partition coefficient (Wildman–Crippen LogP) is 2.06. The normalized spacial score (nSPS) is 12.9. The van der Waals surface area contributed by atoms with Gasteiger partial charge in [-0.3, -0.25) is 4.79 Å². The maximum atomic E-state index is 12.3. The fourth-order valence-corrected chi connectivity index (χ4v) is 3.31. The van der Waals surface area contributed by atoms with Crippen LogP contribution in [0.15, 0.2) is 23.1 Å². The summed E-state index contributed by atoms with van der Waals surface area (Å²) in [7, 11) is -2.90. The van der Waals surface area contributed by atoms with Gasteiger partial charge in [-0.05, 0) is 18.6 Å². The molecule has 0 radical (unpaired) electrons. The highest BCUT2D eigenvalue weighted by atomic mass is 35.5. The fourth-order valence-electron chi connectivity index (χ4n) is 1.74. The maximum Gasteiger partial charge on any atom is 0.323 e. The lowest BCUT2D eigenvalue weighted by Crippen LogP contribution is -2.41. The van der Waals surface area contributed by atoms with Gasteiger partial charge in [0.05, 0.1) is 12.1 Å². The van der Waals surface area contributed by atoms with E-state index in [1.54, 1.807) is 0 Å². The quantitative estimate of drug-likeness (QED) is 0.744. The van der Waals surface area contributed by atoms with Crippen molar-refractivity contribution in [1.29, 1.82) is 0 Å². The Morgan fingerprint density at radius 2 is 2.14 bits per heavy atom. The number of carbonyl (C=O) groups is 1. The maximum absolute atomic E-state index is 12.3. The number of hydrogen-bond donors (Lipinski definition) is 2. The number of hydrogen-bond acceptors (Lipinski definition) is 5. The highest BCUT2D eigenvalue weighted by Gasteiger charge is 2.28. The van der Waals surface area contributed by atoms with Crippen LogP contribution < -0.4 is 4.72 Å². The smallest absolute Gasteiger partial charge is 0.323 e. The second-order valence-electron chi connectivity index (χ2n) is 4.43. The standard InChI is InChI=1S/C13H18ClNO5S/c1-3-4-7-10(13(17)20-2)15-21(18,19)11-8-5-6-9(14)12(11)16/h5-6,8,10,15-16H,3-4,7H2,1-2H3. The van der Waals surface area contributed by atoms with E-state index in [0.29, 0.717) is 12.8 Å². The molecule has 1 aromatic carbocycles. The third kappa shape index (κ3) is 4.59. The topological polar surface area (TPSA) is 92.7 Å². The van der Waals surface area contributed by atoms with Crippen LogP contribution in [-0.4, -0.2) is 32.6 Å². The van der Waals surface area contributed by atoms with Gasteiger partial charge in [-0.25, -0.2) is 8.42 Å². The van der Waals surface area contributed by atoms with Gasteiger partial charge in [0.1, 0.15) is 10.9 Å². The largest absolute Gasteiger partial charge is 0.505 e. The van der Waals surface area contributed by atoms with Crippen LogP contribution in [0, 0.1) is 0 Å². The van der Waals surface area contributed by atoms with Gasteiger partial charge in [0.15, 0.2) is 5.75 Å². The molecule has 1 rings (SSSR count). The van der Waals surface area contributed by atoms with E-state index in [1.807, 2.05) is 6.92 Å². The second kappa shape index (κ2) is 7.63. The van der Waals surface area contributed by atoms with Gasteiger partial charge in [0.2, 0.25) is 10.0 Å². The van der Waals surface area contributed by atoms with Crippen LogP contribution in [0.5, 0.6) is 5.75 Å². The summed E-state index contributed by atoms with van der Waals surface area (Å²) < 4.78 is 31.4. The number of unbranched alkanes of at least 4 members (excludes halogenated alkanes) is 1. The molecule has 0 saturated heterocycles. The van der Waals surface area contributed by atoms with Crippen molar-refractivity contribution < 1.29 is 23.1 Å². The minimum Gasteiger partial charge on any atom is -0.505 e. The molecule has 0 aromatic heterocycles. The lowest BCUT2D eigenvalue weighted by atomic mass is 10.1. The number of rotatable bonds is 7. The zero-order chi connectivity index (χ0) is 16.0. The number of nitrogens with one attached hydrogen (secondary N) is 1. The fraction of sp³-hybridized carbons (Fsp3) is 0.462. The molecule has 118 valence electrons. The van der Waals surface area contributed by atoms with Crippen molar-refractivity contribution >= 4 is 27.6 Å². The molecular formula is C13H18ClNO5S. The number of methoxy groups -OCH3 is 1. The monoisotopic (exact) mass is 335 g/mol. The summed E-state index contributed by atoms with van der Waals surface area (Å²) in [5, 5.41) is 9.67. The van der Waals surface area contributed by atoms with Crippen molar-refractivity contribution in [3.8, 4) is 5.75 Å². The van der Waals surface area contributed by atoms with Crippen molar-refractivity contribution in [3.63, 3.8) is 0 Å². The molecule has 21 heavy (non-hydrogen) atoms. The number of aromatic hydroxyl groups is 1. The minimum absolute atomic E-state index is 0.0824. The third-order valence-electron chi connectivity index (χ3n) is 2.87. The van der Waals surface area contributed by atoms with Gasteiger partial charge < -0.3 is 9.84 Å². The lowest BCUT2D eigenvalue weighted by molar-refractivity contribution is -0.142. The molecule has 0 saturated carbocycles. The van der Waals surface area contributed by atoms with Crippen LogP contribution in [0.3, 0.4) is 0 Å². The summed E-state index contributed by atoms with van der Waals surface area (Å²) in [6.07, 6.45) is 1.77. The Bertz CT molecular complexity index is 603. The Morgan fingerprint density at radius 3 is 2.71 bits per heavy atom. The number of phenolic OH excluding ortho intramolecular Hbond substituents is 1. The molecule has 0 spiro atoms. The Hall–Kier alpha value is -1.31. The molecule has 0 aliphatic heterocycles. The molecule has 8 heteroatoms. The molecule has 1 unspecified atom stereocenters. The molecule has 0 fully saturated rings. The van der Waals surface area contributed by atoms with E-state index < -0.39 is 27.8 Å². The van der Waals surface area contributed by atoms with Gasteiger partial charge in [-0.15, -0.1) is 0 Å². The van der Waals surface area contributed by atoms with E-state index in [4.69, 9.17) is 11.6 Å². The summed E-state index contributed by atoms with van der Waals surface area (Å²) in [5.41, 5.74) is 0. The average molecular weight is 336 g/mol. The zero-order valence-corrected chi connectivity index (χ0v) is 13.4. The van der Waals surface area contributed by atoms with E-state index in [0.717, 1.165) is 6.42 Å². The molecule has 0 aliphatic rings. The van der Waals surface area contributed by atoms with E-state index in [1.165, 1.54) is 25.3 Å². The summed E-state index contributed by atoms with van der Waals surface area (Å²) in [6, 6.07) is 2.97. The number of benzene rings is 1. The van der Waals surface area contributed by atoms with Gasteiger partial charge in [0, 0.05) is 0 Å². The number of carbonyl (C=O) groups excluding carboxylic acids is 1. The van der Waals surface area contributed by atoms with E-state index in [9.17, 15) is 18.3 Å². The minimum atomic E-state index is -4.08. The van der Waals surface area contributed by atoms with Gasteiger partial charge in [-0.2, -0.15) is 4.72 Å². The van der Waals surface area contributed by atoms with Crippen molar-refractivity contribution in [2.75, 3.05) is 7.11 Å². The number of phenols is 1. The lowest BCUT2D eigenvalue weighted by Gasteiger charge is -2.17. The van der Waals surface area contributed by atoms with Crippen LogP contribution in [0.1, 0.15) is 26.2 Å². The summed E-state index contributed by atoms with van der Waals surface area (Å²) in [5.74, 6) is -1.22. The van der Waals surface area contributed by atoms with Crippen molar-refractivity contribution in [1.82, 2.24) is 4.72 Å². The molecule has 2 N–H and O–H groups in total. The molecular weight excluding hydrogens is 318 g/mol. The molecule has 6 nitrogen and oxygen atoms in total. The SMILES string of the molecule is CCCCC(NS(=O)(=O)c1cccc(Cl)c1O)C(=O)OC. The van der Waals surface area contributed by atoms with Crippen molar-refractivity contribution in [2.24, 2.45) is 0 Å². The van der Waals surface area contributed by atoms with Crippen LogP contribution in [-0.2, 0) is 19.6 Å². The van der Waals surface area contributed by atoms with Crippen LogP contribution in [0.4, 0.5) is 0 Å². The van der Waals surface area contributed by atoms with Crippen molar-refractivity contribution in [3.05, 3.63) is 23.2 Å². The molecule has 0 amide bonds. The molecule has 1 atom stereocenters. The summed E-state index contributed by atoms with van der Waals surface area (Å²) in [6.45, 7) is 1.92. The number of halogens is 1. The number of ether oxygens (including phenoxy) is 1. The number of esters is 1. The van der Waals surface area contributed by atoms with Crippen LogP contribution in [0.2, 0.25) is 5.02 Å². The number of para-hydroxylation sites is 1. The summed E-state index contributed by atoms with van der Waals surface area (Å²) >= 11 is 5.70. The Morgan fingerprint density at radius 1 is 1.48 bits per heavy atom. The molecule has 0 heterocycles. The summed E-state index contributed by atoms with van der Waals surface area (Å²) in [4.78, 5) is 11.3. The first-order valence-corrected chi connectivity index (χ1v) is 8.27. The van der Waals surface area contributed by atoms with E-state index >= 15 is 0 Å². The molecule has 0 aliphatic carbocycles. The first-order chi connectivity index (χ1) is 9.83. The Balaban J connectivity index is 3.05. The van der Waals surface area contributed by atoms with Crippen LogP contribution >= 0.6 is 11.6 Å². The second-order valence-corrected chi connectivity index (χ2v) is 6.52. The van der Waals surface area contributed by atoms with Gasteiger partial charge >= 0.3 is 5.97 Å². The van der Waals surface area contributed by atoms with Crippen molar-refractivity contribution in [2.45, 2.75) is 37.1 Å². The first kappa shape index (κ1) is 17.7. The third-order valence-corrected chi connectivity index (χ3v) is 4.68. The zero-order valence-electron chi connectivity index (χ0n) is 11.8. The Labute approximate surface area is 129 Å². The average Bonchev–Trinajstić information content (AvgIpc) is 2.45. The highest BCUT2D eigenvalue weighted by Crippen LogP contribution is 2.30.